The van der Waals surface area contributed by atoms with Gasteiger partial charge < -0.3 is 10.4 Å². The summed E-state index contributed by atoms with van der Waals surface area (Å²) in [6.45, 7) is 4.46. The van der Waals surface area contributed by atoms with Gasteiger partial charge in [0, 0.05) is 12.2 Å². The molecule has 2 rings (SSSR count). The van der Waals surface area contributed by atoms with Crippen molar-refractivity contribution in [2.24, 2.45) is 0 Å². The van der Waals surface area contributed by atoms with Crippen molar-refractivity contribution in [3.63, 3.8) is 0 Å². The maximum Gasteiger partial charge on any atom is 0.123 e. The predicted octanol–water partition coefficient (Wildman–Crippen LogP) is 3.76. The molecule has 0 fully saturated rings. The molecule has 0 amide bonds. The lowest BCUT2D eigenvalue weighted by Crippen LogP contribution is -2.02. The fourth-order valence-corrected chi connectivity index (χ4v) is 1.89. The molecule has 0 atom stereocenters. The van der Waals surface area contributed by atoms with E-state index in [0.29, 0.717) is 6.54 Å². The largest absolute Gasteiger partial charge is 0.508 e. The number of phenolic OH excluding ortho intramolecular Hbond substituents is 1. The molecular formula is C15H16FNO. The quantitative estimate of drug-likeness (QED) is 0.807. The Morgan fingerprint density at radius 2 is 1.83 bits per heavy atom. The zero-order valence-electron chi connectivity index (χ0n) is 10.5. The van der Waals surface area contributed by atoms with Crippen molar-refractivity contribution < 1.29 is 9.50 Å². The van der Waals surface area contributed by atoms with Crippen LogP contribution >= 0.6 is 0 Å². The molecule has 2 aromatic rings. The maximum atomic E-state index is 13.0. The molecule has 0 aliphatic rings. The number of phenols is 1. The van der Waals surface area contributed by atoms with Gasteiger partial charge in [-0.15, -0.1) is 0 Å². The van der Waals surface area contributed by atoms with Crippen LogP contribution in [0.1, 0.15) is 16.7 Å². The van der Waals surface area contributed by atoms with E-state index in [-0.39, 0.29) is 11.6 Å². The van der Waals surface area contributed by atoms with Gasteiger partial charge in [0.2, 0.25) is 0 Å². The lowest BCUT2D eigenvalue weighted by Gasteiger charge is -2.11. The standard InChI is InChI=1S/C15H16FNO/c1-10-7-13(16)4-3-12(10)9-17-15-6-5-14(18)8-11(15)2/h3-8,17-18H,9H2,1-2H3. The minimum Gasteiger partial charge on any atom is -0.508 e. The third kappa shape index (κ3) is 2.80. The van der Waals surface area contributed by atoms with E-state index in [2.05, 4.69) is 5.32 Å². The van der Waals surface area contributed by atoms with Crippen LogP contribution in [0.15, 0.2) is 36.4 Å². The lowest BCUT2D eigenvalue weighted by atomic mass is 10.1. The van der Waals surface area contributed by atoms with Gasteiger partial charge in [-0.05, 0) is 60.9 Å². The molecule has 0 heterocycles. The van der Waals surface area contributed by atoms with Gasteiger partial charge in [-0.3, -0.25) is 0 Å². The second-order valence-electron chi connectivity index (χ2n) is 4.42. The van der Waals surface area contributed by atoms with Crippen LogP contribution in [-0.2, 0) is 6.54 Å². The molecule has 3 heteroatoms. The fourth-order valence-electron chi connectivity index (χ4n) is 1.89. The molecule has 0 saturated heterocycles. The van der Waals surface area contributed by atoms with Crippen LogP contribution in [-0.4, -0.2) is 5.11 Å². The van der Waals surface area contributed by atoms with E-state index in [1.54, 1.807) is 18.2 Å². The molecule has 0 radical (unpaired) electrons. The van der Waals surface area contributed by atoms with Crippen molar-refractivity contribution in [2.45, 2.75) is 20.4 Å². The van der Waals surface area contributed by atoms with Crippen LogP contribution in [0.5, 0.6) is 5.75 Å². The number of aromatic hydroxyl groups is 1. The molecule has 0 aromatic heterocycles. The first-order valence-corrected chi connectivity index (χ1v) is 5.85. The van der Waals surface area contributed by atoms with Crippen LogP contribution < -0.4 is 5.32 Å². The molecular weight excluding hydrogens is 229 g/mol. The van der Waals surface area contributed by atoms with E-state index in [1.807, 2.05) is 19.9 Å². The highest BCUT2D eigenvalue weighted by atomic mass is 19.1. The van der Waals surface area contributed by atoms with Crippen molar-refractivity contribution in [3.8, 4) is 5.75 Å². The molecule has 2 aromatic carbocycles. The van der Waals surface area contributed by atoms with Crippen molar-refractivity contribution in [1.29, 1.82) is 0 Å². The van der Waals surface area contributed by atoms with Gasteiger partial charge >= 0.3 is 0 Å². The van der Waals surface area contributed by atoms with Gasteiger partial charge in [0.1, 0.15) is 11.6 Å². The Morgan fingerprint density at radius 3 is 2.50 bits per heavy atom. The Hall–Kier alpha value is -2.03. The number of nitrogens with one attached hydrogen (secondary N) is 1. The molecule has 2 N–H and O–H groups in total. The highest BCUT2D eigenvalue weighted by molar-refractivity contribution is 5.53. The Bertz CT molecular complexity index is 515. The predicted molar refractivity (Wildman–Crippen MR) is 71.3 cm³/mol. The molecule has 0 saturated carbocycles. The number of benzene rings is 2. The van der Waals surface area contributed by atoms with E-state index < -0.39 is 0 Å². The van der Waals surface area contributed by atoms with Gasteiger partial charge in [0.05, 0.1) is 0 Å². The number of halogens is 1. The van der Waals surface area contributed by atoms with Crippen molar-refractivity contribution in [2.75, 3.05) is 5.32 Å². The Morgan fingerprint density at radius 1 is 1.06 bits per heavy atom. The summed E-state index contributed by atoms with van der Waals surface area (Å²) < 4.78 is 13.0. The van der Waals surface area contributed by atoms with Gasteiger partial charge in [-0.25, -0.2) is 4.39 Å². The first-order valence-electron chi connectivity index (χ1n) is 5.85. The zero-order chi connectivity index (χ0) is 13.1. The van der Waals surface area contributed by atoms with Crippen LogP contribution in [0.4, 0.5) is 10.1 Å². The van der Waals surface area contributed by atoms with Crippen molar-refractivity contribution in [3.05, 3.63) is 58.9 Å². The molecule has 94 valence electrons. The SMILES string of the molecule is Cc1cc(F)ccc1CNc1ccc(O)cc1C. The van der Waals surface area contributed by atoms with E-state index in [1.165, 1.54) is 12.1 Å². The molecule has 0 unspecified atom stereocenters. The zero-order valence-corrected chi connectivity index (χ0v) is 10.5. The first kappa shape index (κ1) is 12.4. The van der Waals surface area contributed by atoms with Crippen LogP contribution in [0, 0.1) is 19.7 Å². The lowest BCUT2D eigenvalue weighted by molar-refractivity contribution is 0.475. The second kappa shape index (κ2) is 5.08. The van der Waals surface area contributed by atoms with Gasteiger partial charge in [-0.2, -0.15) is 0 Å². The monoisotopic (exact) mass is 245 g/mol. The molecule has 0 bridgehead atoms. The summed E-state index contributed by atoms with van der Waals surface area (Å²) in [6.07, 6.45) is 0. The van der Waals surface area contributed by atoms with E-state index in [4.69, 9.17) is 0 Å². The Balaban J connectivity index is 2.11. The molecule has 0 aliphatic heterocycles. The summed E-state index contributed by atoms with van der Waals surface area (Å²) in [7, 11) is 0. The van der Waals surface area contributed by atoms with Crippen LogP contribution in [0.2, 0.25) is 0 Å². The minimum absolute atomic E-state index is 0.211. The summed E-state index contributed by atoms with van der Waals surface area (Å²) >= 11 is 0. The summed E-state index contributed by atoms with van der Waals surface area (Å²) in [4.78, 5) is 0. The van der Waals surface area contributed by atoms with Crippen molar-refractivity contribution in [1.82, 2.24) is 0 Å². The Kier molecular flexibility index (Phi) is 3.51. The highest BCUT2D eigenvalue weighted by Crippen LogP contribution is 2.21. The molecule has 2 nitrogen and oxygen atoms in total. The normalized spacial score (nSPS) is 10.4. The number of hydrogen-bond donors (Lipinski definition) is 2. The van der Waals surface area contributed by atoms with Gasteiger partial charge in [0.15, 0.2) is 0 Å². The third-order valence-corrected chi connectivity index (χ3v) is 2.98. The molecule has 18 heavy (non-hydrogen) atoms. The number of aryl methyl sites for hydroxylation is 2. The van der Waals surface area contributed by atoms with Crippen molar-refractivity contribution >= 4 is 5.69 Å². The number of rotatable bonds is 3. The first-order chi connectivity index (χ1) is 8.56. The topological polar surface area (TPSA) is 32.3 Å². The minimum atomic E-state index is -0.211. The summed E-state index contributed by atoms with van der Waals surface area (Å²) in [6, 6.07) is 9.97. The highest BCUT2D eigenvalue weighted by Gasteiger charge is 2.02. The van der Waals surface area contributed by atoms with E-state index in [9.17, 15) is 9.50 Å². The Labute approximate surface area is 106 Å². The average molecular weight is 245 g/mol. The number of anilines is 1. The maximum absolute atomic E-state index is 13.0. The van der Waals surface area contributed by atoms with Crippen LogP contribution in [0.25, 0.3) is 0 Å². The second-order valence-corrected chi connectivity index (χ2v) is 4.42. The number of hydrogen-bond acceptors (Lipinski definition) is 2. The molecule has 0 aliphatic carbocycles. The summed E-state index contributed by atoms with van der Waals surface area (Å²) in [5.41, 5.74) is 3.94. The van der Waals surface area contributed by atoms with Gasteiger partial charge in [-0.1, -0.05) is 6.07 Å². The smallest absolute Gasteiger partial charge is 0.123 e. The summed E-state index contributed by atoms with van der Waals surface area (Å²) in [5.74, 6) is 0.0491. The van der Waals surface area contributed by atoms with Gasteiger partial charge in [0.25, 0.3) is 0 Å². The fraction of sp³-hybridized carbons (Fsp3) is 0.200. The van der Waals surface area contributed by atoms with E-state index >= 15 is 0 Å². The van der Waals surface area contributed by atoms with Crippen LogP contribution in [0.3, 0.4) is 0 Å². The van der Waals surface area contributed by atoms with E-state index in [0.717, 1.165) is 22.4 Å². The molecule has 0 spiro atoms. The average Bonchev–Trinajstić information content (AvgIpc) is 2.30. The third-order valence-electron chi connectivity index (χ3n) is 2.98. The summed E-state index contributed by atoms with van der Waals surface area (Å²) in [5, 5.41) is 12.6.